The van der Waals surface area contributed by atoms with Crippen LogP contribution in [0.25, 0.3) is 27.8 Å². The van der Waals surface area contributed by atoms with E-state index in [1.807, 2.05) is 18.6 Å². The number of aromatic amines is 1. The number of rotatable bonds is 6. The zero-order valence-corrected chi connectivity index (χ0v) is 22.7. The number of fused-ring (bicyclic) bond motifs is 2. The first-order valence-electron chi connectivity index (χ1n) is 13.2. The minimum Gasteiger partial charge on any atom is -0.465 e. The fourth-order valence-corrected chi connectivity index (χ4v) is 6.04. The number of benzene rings is 1. The number of carbonyl (C=O) groups is 1. The van der Waals surface area contributed by atoms with Crippen LogP contribution in [-0.4, -0.2) is 73.8 Å². The third-order valence-corrected chi connectivity index (χ3v) is 8.18. The lowest BCUT2D eigenvalue weighted by Gasteiger charge is -2.38. The van der Waals surface area contributed by atoms with Crippen LogP contribution in [0.15, 0.2) is 30.7 Å². The molecule has 0 aliphatic carbocycles. The van der Waals surface area contributed by atoms with E-state index in [1.165, 1.54) is 22.1 Å². The number of nitrogens with zero attached hydrogens (tertiary/aromatic N) is 5. The van der Waals surface area contributed by atoms with Gasteiger partial charge in [0, 0.05) is 35.2 Å². The minimum atomic E-state index is -0.801. The molecule has 2 unspecified atom stereocenters. The third-order valence-electron chi connectivity index (χ3n) is 8.18. The number of nitrogens with one attached hydrogen (secondary N) is 1. The van der Waals surface area contributed by atoms with Gasteiger partial charge in [-0.1, -0.05) is 19.9 Å². The Hall–Kier alpha value is -3.39. The number of hydrogen-bond acceptors (Lipinski definition) is 4. The molecule has 1 saturated heterocycles. The van der Waals surface area contributed by atoms with Crippen molar-refractivity contribution >= 4 is 22.6 Å². The predicted octanol–water partition coefficient (Wildman–Crippen LogP) is 5.80. The highest BCUT2D eigenvalue weighted by Gasteiger charge is 2.32. The van der Waals surface area contributed by atoms with Crippen molar-refractivity contribution in [1.82, 2.24) is 29.4 Å². The molecule has 8 heteroatoms. The number of pyridine rings is 1. The van der Waals surface area contributed by atoms with E-state index in [2.05, 4.69) is 72.1 Å². The Balaban J connectivity index is 1.55. The molecule has 3 aromatic heterocycles. The number of hydrogen-bond donors (Lipinski definition) is 2. The maximum atomic E-state index is 11.9. The highest BCUT2D eigenvalue weighted by molar-refractivity contribution is 5.92. The molecular weight excluding hydrogens is 464 g/mol. The molecule has 1 fully saturated rings. The molecule has 0 saturated carbocycles. The van der Waals surface area contributed by atoms with Gasteiger partial charge in [-0.2, -0.15) is 5.10 Å². The lowest BCUT2D eigenvalue weighted by Crippen LogP contribution is -2.46. The second kappa shape index (κ2) is 9.82. The molecule has 1 aliphatic heterocycles. The van der Waals surface area contributed by atoms with Gasteiger partial charge in [0.2, 0.25) is 0 Å². The second-order valence-corrected chi connectivity index (χ2v) is 11.1. The van der Waals surface area contributed by atoms with Gasteiger partial charge >= 0.3 is 6.09 Å². The van der Waals surface area contributed by atoms with Crippen molar-refractivity contribution in [2.75, 3.05) is 27.2 Å². The Morgan fingerprint density at radius 1 is 1.24 bits per heavy atom. The van der Waals surface area contributed by atoms with E-state index in [9.17, 15) is 9.90 Å². The first-order valence-corrected chi connectivity index (χ1v) is 13.2. The number of H-pyrrole nitrogens is 1. The lowest BCUT2D eigenvalue weighted by molar-refractivity contribution is 0.0942. The molecular formula is C29H38N6O2. The van der Waals surface area contributed by atoms with E-state index in [4.69, 9.17) is 0 Å². The SMILES string of the molecule is Cc1c(-c2[nH]c3ccc(C4CCN(C(=O)O)C(CCN(C)C)C4)cc3c2C(C)C)cn2ncnc2c1C. The van der Waals surface area contributed by atoms with Crippen molar-refractivity contribution in [3.8, 4) is 11.3 Å². The zero-order chi connectivity index (χ0) is 26.4. The molecule has 4 heterocycles. The highest BCUT2D eigenvalue weighted by atomic mass is 16.4. The molecule has 37 heavy (non-hydrogen) atoms. The van der Waals surface area contributed by atoms with E-state index in [0.717, 1.165) is 53.8 Å². The molecule has 0 spiro atoms. The van der Waals surface area contributed by atoms with Crippen LogP contribution in [0.2, 0.25) is 0 Å². The molecule has 5 rings (SSSR count). The van der Waals surface area contributed by atoms with Crippen molar-refractivity contribution < 1.29 is 9.90 Å². The predicted molar refractivity (Wildman–Crippen MR) is 148 cm³/mol. The van der Waals surface area contributed by atoms with E-state index in [-0.39, 0.29) is 6.04 Å². The molecule has 2 atom stereocenters. The van der Waals surface area contributed by atoms with Gasteiger partial charge in [-0.3, -0.25) is 0 Å². The van der Waals surface area contributed by atoms with Gasteiger partial charge < -0.3 is 19.9 Å². The standard InChI is InChI=1S/C29H38N6O2/c1-17(2)26-23-14-20(21-9-12-34(29(36)37)22(13-21)10-11-33(5)6)7-8-25(23)32-27(26)24-15-35-28(30-16-31-35)19(4)18(24)3/h7-8,14-17,21-22,32H,9-13H2,1-6H3,(H,36,37). The Morgan fingerprint density at radius 2 is 2.03 bits per heavy atom. The van der Waals surface area contributed by atoms with Crippen molar-refractivity contribution in [2.24, 2.45) is 0 Å². The maximum Gasteiger partial charge on any atom is 0.407 e. The van der Waals surface area contributed by atoms with Crippen molar-refractivity contribution in [3.63, 3.8) is 0 Å². The second-order valence-electron chi connectivity index (χ2n) is 11.1. The fourth-order valence-electron chi connectivity index (χ4n) is 6.04. The van der Waals surface area contributed by atoms with E-state index in [1.54, 1.807) is 11.2 Å². The number of amides is 1. The number of piperidine rings is 1. The summed E-state index contributed by atoms with van der Waals surface area (Å²) < 4.78 is 1.86. The quantitative estimate of drug-likeness (QED) is 0.348. The first kappa shape index (κ1) is 25.3. The first-order chi connectivity index (χ1) is 17.7. The molecule has 196 valence electrons. The zero-order valence-electron chi connectivity index (χ0n) is 22.7. The largest absolute Gasteiger partial charge is 0.465 e. The van der Waals surface area contributed by atoms with Gasteiger partial charge in [-0.05, 0) is 100.0 Å². The molecule has 1 amide bonds. The van der Waals surface area contributed by atoms with Crippen LogP contribution in [0.5, 0.6) is 0 Å². The lowest BCUT2D eigenvalue weighted by atomic mass is 9.83. The van der Waals surface area contributed by atoms with E-state index < -0.39 is 6.09 Å². The molecule has 0 radical (unpaired) electrons. The van der Waals surface area contributed by atoms with Gasteiger partial charge in [-0.15, -0.1) is 0 Å². The van der Waals surface area contributed by atoms with Crippen molar-refractivity contribution in [2.45, 2.75) is 64.8 Å². The normalized spacial score (nSPS) is 18.5. The number of aromatic nitrogens is 4. The van der Waals surface area contributed by atoms with Crippen LogP contribution >= 0.6 is 0 Å². The minimum absolute atomic E-state index is 0.0423. The summed E-state index contributed by atoms with van der Waals surface area (Å²) in [4.78, 5) is 23.8. The maximum absolute atomic E-state index is 11.9. The average Bonchev–Trinajstić information content (AvgIpc) is 3.48. The summed E-state index contributed by atoms with van der Waals surface area (Å²) in [6.45, 7) is 10.2. The van der Waals surface area contributed by atoms with Crippen LogP contribution in [0.1, 0.15) is 67.2 Å². The molecule has 1 aromatic carbocycles. The van der Waals surface area contributed by atoms with E-state index in [0.29, 0.717) is 18.4 Å². The molecule has 8 nitrogen and oxygen atoms in total. The van der Waals surface area contributed by atoms with Crippen LogP contribution in [0.4, 0.5) is 4.79 Å². The monoisotopic (exact) mass is 502 g/mol. The summed E-state index contributed by atoms with van der Waals surface area (Å²) in [5.74, 6) is 0.674. The number of likely N-dealkylation sites (tertiary alicyclic amines) is 1. The summed E-state index contributed by atoms with van der Waals surface area (Å²) >= 11 is 0. The Labute approximate surface area is 218 Å². The van der Waals surface area contributed by atoms with Crippen molar-refractivity contribution in [1.29, 1.82) is 0 Å². The van der Waals surface area contributed by atoms with Crippen LogP contribution < -0.4 is 0 Å². The van der Waals surface area contributed by atoms with Crippen molar-refractivity contribution in [3.05, 3.63) is 53.0 Å². The summed E-state index contributed by atoms with van der Waals surface area (Å²) in [7, 11) is 4.08. The van der Waals surface area contributed by atoms with Gasteiger partial charge in [0.15, 0.2) is 5.65 Å². The summed E-state index contributed by atoms with van der Waals surface area (Å²) in [6, 6.07) is 6.83. The average molecular weight is 503 g/mol. The summed E-state index contributed by atoms with van der Waals surface area (Å²) in [5, 5.41) is 15.4. The molecule has 4 aromatic rings. The number of carboxylic acid groups (broad SMARTS) is 1. The Bertz CT molecular complexity index is 1450. The Morgan fingerprint density at radius 3 is 2.73 bits per heavy atom. The molecule has 2 N–H and O–H groups in total. The summed E-state index contributed by atoms with van der Waals surface area (Å²) in [6.07, 6.45) is 5.46. The molecule has 0 bridgehead atoms. The van der Waals surface area contributed by atoms with Gasteiger partial charge in [0.1, 0.15) is 6.33 Å². The van der Waals surface area contributed by atoms with Gasteiger partial charge in [-0.25, -0.2) is 14.3 Å². The van der Waals surface area contributed by atoms with Crippen LogP contribution in [0, 0.1) is 13.8 Å². The van der Waals surface area contributed by atoms with Crippen LogP contribution in [0.3, 0.4) is 0 Å². The van der Waals surface area contributed by atoms with Gasteiger partial charge in [0.25, 0.3) is 0 Å². The number of aryl methyl sites for hydroxylation is 1. The van der Waals surface area contributed by atoms with Crippen LogP contribution in [-0.2, 0) is 0 Å². The topological polar surface area (TPSA) is 89.8 Å². The smallest absolute Gasteiger partial charge is 0.407 e. The van der Waals surface area contributed by atoms with E-state index >= 15 is 0 Å². The molecule has 1 aliphatic rings. The summed E-state index contributed by atoms with van der Waals surface area (Å²) in [5.41, 5.74) is 9.27. The highest BCUT2D eigenvalue weighted by Crippen LogP contribution is 2.40. The fraction of sp³-hybridized carbons (Fsp3) is 0.483. The van der Waals surface area contributed by atoms with Gasteiger partial charge in [0.05, 0.1) is 5.69 Å². The Kier molecular flexibility index (Phi) is 6.70. The third kappa shape index (κ3) is 4.59.